The zero-order chi connectivity index (χ0) is 8.43. The van der Waals surface area contributed by atoms with E-state index < -0.39 is 11.6 Å². The minimum Gasteiger partial charge on any atom is -0.389 e. The molecular formula is C6H4F2N2S. The Morgan fingerprint density at radius 2 is 1.82 bits per heavy atom. The van der Waals surface area contributed by atoms with Gasteiger partial charge in [0, 0.05) is 0 Å². The molecule has 0 saturated carbocycles. The topological polar surface area (TPSA) is 38.9 Å². The van der Waals surface area contributed by atoms with Crippen LogP contribution >= 0.6 is 12.2 Å². The molecule has 0 fully saturated rings. The third-order valence-corrected chi connectivity index (χ3v) is 1.30. The van der Waals surface area contributed by atoms with Gasteiger partial charge in [-0.1, -0.05) is 12.2 Å². The molecule has 0 spiro atoms. The van der Waals surface area contributed by atoms with Crippen LogP contribution in [0.2, 0.25) is 0 Å². The quantitative estimate of drug-likeness (QED) is 0.645. The predicted molar refractivity (Wildman–Crippen MR) is 40.0 cm³/mol. The highest BCUT2D eigenvalue weighted by Gasteiger charge is 2.10. The summed E-state index contributed by atoms with van der Waals surface area (Å²) in [4.78, 5) is 2.96. The Morgan fingerprint density at radius 3 is 2.09 bits per heavy atom. The van der Waals surface area contributed by atoms with Crippen LogP contribution in [0.4, 0.5) is 8.78 Å². The monoisotopic (exact) mass is 174 g/mol. The van der Waals surface area contributed by atoms with Crippen molar-refractivity contribution in [2.75, 3.05) is 0 Å². The van der Waals surface area contributed by atoms with Crippen molar-refractivity contribution in [1.82, 2.24) is 4.98 Å². The van der Waals surface area contributed by atoms with E-state index in [1.54, 1.807) is 0 Å². The fraction of sp³-hybridized carbons (Fsp3) is 0. The average molecular weight is 174 g/mol. The Balaban J connectivity index is 3.32. The zero-order valence-electron chi connectivity index (χ0n) is 5.34. The van der Waals surface area contributed by atoms with Crippen molar-refractivity contribution >= 4 is 17.2 Å². The van der Waals surface area contributed by atoms with Gasteiger partial charge in [-0.3, -0.25) is 4.98 Å². The molecule has 1 aromatic rings. The highest BCUT2D eigenvalue weighted by molar-refractivity contribution is 7.80. The number of pyridine rings is 1. The van der Waals surface area contributed by atoms with Gasteiger partial charge in [-0.15, -0.1) is 0 Å². The van der Waals surface area contributed by atoms with Crippen molar-refractivity contribution in [2.24, 2.45) is 5.73 Å². The van der Waals surface area contributed by atoms with E-state index in [1.165, 1.54) is 0 Å². The lowest BCUT2D eigenvalue weighted by Crippen LogP contribution is -2.14. The van der Waals surface area contributed by atoms with Crippen molar-refractivity contribution in [1.29, 1.82) is 0 Å². The molecule has 11 heavy (non-hydrogen) atoms. The summed E-state index contributed by atoms with van der Waals surface area (Å²) in [5.41, 5.74) is 4.66. The van der Waals surface area contributed by atoms with Gasteiger partial charge in [0.25, 0.3) is 0 Å². The molecule has 0 unspecified atom stereocenters. The third-order valence-electron chi connectivity index (χ3n) is 1.10. The summed E-state index contributed by atoms with van der Waals surface area (Å²) in [5.74, 6) is -1.67. The van der Waals surface area contributed by atoms with E-state index in [0.29, 0.717) is 0 Å². The number of aromatic nitrogens is 1. The van der Waals surface area contributed by atoms with Gasteiger partial charge in [0.2, 0.25) is 0 Å². The van der Waals surface area contributed by atoms with Gasteiger partial charge in [-0.2, -0.15) is 0 Å². The summed E-state index contributed by atoms with van der Waals surface area (Å²) >= 11 is 4.41. The van der Waals surface area contributed by atoms with Crippen molar-refractivity contribution in [3.05, 3.63) is 29.6 Å². The number of thiocarbonyl (C=S) groups is 1. The number of nitrogens with zero attached hydrogens (tertiary/aromatic N) is 1. The largest absolute Gasteiger partial charge is 0.389 e. The van der Waals surface area contributed by atoms with Gasteiger partial charge in [0.15, 0.2) is 11.6 Å². The molecule has 0 aromatic carbocycles. The highest BCUT2D eigenvalue weighted by atomic mass is 32.1. The molecule has 1 aromatic heterocycles. The lowest BCUT2D eigenvalue weighted by Gasteiger charge is -1.99. The van der Waals surface area contributed by atoms with E-state index >= 15 is 0 Å². The van der Waals surface area contributed by atoms with Gasteiger partial charge >= 0.3 is 0 Å². The average Bonchev–Trinajstić information content (AvgIpc) is 1.85. The first kappa shape index (κ1) is 8.00. The minimum absolute atomic E-state index is 0.303. The summed E-state index contributed by atoms with van der Waals surface area (Å²) in [5, 5.41) is 0. The molecule has 0 saturated heterocycles. The van der Waals surface area contributed by atoms with Crippen molar-refractivity contribution in [3.63, 3.8) is 0 Å². The van der Waals surface area contributed by atoms with Crippen LogP contribution in [0.25, 0.3) is 0 Å². The van der Waals surface area contributed by atoms with E-state index in [9.17, 15) is 8.78 Å². The molecule has 1 heterocycles. The maximum absolute atomic E-state index is 12.6. The van der Waals surface area contributed by atoms with E-state index in [2.05, 4.69) is 17.2 Å². The number of hydrogen-bond donors (Lipinski definition) is 1. The first-order valence-corrected chi connectivity index (χ1v) is 3.12. The van der Waals surface area contributed by atoms with E-state index in [4.69, 9.17) is 5.73 Å². The molecule has 58 valence electrons. The summed E-state index contributed by atoms with van der Waals surface area (Å²) in [6.07, 6.45) is 1.72. The second-order valence-electron chi connectivity index (χ2n) is 1.84. The van der Waals surface area contributed by atoms with Crippen LogP contribution in [0.1, 0.15) is 5.56 Å². The van der Waals surface area contributed by atoms with Crippen molar-refractivity contribution in [2.45, 2.75) is 0 Å². The standard InChI is InChI=1S/C6H4F2N2S/c7-3-1-10-2-4(8)5(3)6(9)11/h1-2H,(H2,9,11). The van der Waals surface area contributed by atoms with Crippen molar-refractivity contribution < 1.29 is 8.78 Å². The van der Waals surface area contributed by atoms with Crippen LogP contribution in [0.5, 0.6) is 0 Å². The zero-order valence-corrected chi connectivity index (χ0v) is 6.16. The molecule has 1 rings (SSSR count). The molecule has 0 amide bonds. The molecule has 0 atom stereocenters. The SMILES string of the molecule is NC(=S)c1c(F)cncc1F. The highest BCUT2D eigenvalue weighted by Crippen LogP contribution is 2.08. The van der Waals surface area contributed by atoms with Crippen LogP contribution < -0.4 is 5.73 Å². The molecular weight excluding hydrogens is 170 g/mol. The Kier molecular flexibility index (Phi) is 2.09. The number of nitrogens with two attached hydrogens (primary N) is 1. The Bertz CT molecular complexity index is 280. The number of hydrogen-bond acceptors (Lipinski definition) is 2. The first-order chi connectivity index (χ1) is 5.13. The Hall–Kier alpha value is -1.10. The Labute approximate surface area is 67.0 Å². The fourth-order valence-corrected chi connectivity index (χ4v) is 0.842. The van der Waals surface area contributed by atoms with Gasteiger partial charge in [0.1, 0.15) is 4.99 Å². The van der Waals surface area contributed by atoms with Gasteiger partial charge in [-0.05, 0) is 0 Å². The normalized spacial score (nSPS) is 9.64. The molecule has 0 bridgehead atoms. The van der Waals surface area contributed by atoms with Crippen molar-refractivity contribution in [3.8, 4) is 0 Å². The molecule has 2 N–H and O–H groups in total. The molecule has 0 aliphatic heterocycles. The van der Waals surface area contributed by atoms with E-state index in [1.807, 2.05) is 0 Å². The smallest absolute Gasteiger partial charge is 0.154 e. The second kappa shape index (κ2) is 2.87. The lowest BCUT2D eigenvalue weighted by molar-refractivity contribution is 0.569. The summed E-state index contributed by atoms with van der Waals surface area (Å²) in [6, 6.07) is 0. The van der Waals surface area contributed by atoms with E-state index in [-0.39, 0.29) is 10.6 Å². The van der Waals surface area contributed by atoms with Gasteiger partial charge in [-0.25, -0.2) is 8.78 Å². The Morgan fingerprint density at radius 1 is 1.36 bits per heavy atom. The number of halogens is 2. The summed E-state index contributed by atoms with van der Waals surface area (Å²) < 4.78 is 25.3. The fourth-order valence-electron chi connectivity index (χ4n) is 0.647. The van der Waals surface area contributed by atoms with Crippen LogP contribution in [-0.2, 0) is 0 Å². The van der Waals surface area contributed by atoms with Crippen LogP contribution in [0, 0.1) is 11.6 Å². The number of rotatable bonds is 1. The van der Waals surface area contributed by atoms with E-state index in [0.717, 1.165) is 12.4 Å². The van der Waals surface area contributed by atoms with Gasteiger partial charge < -0.3 is 5.73 Å². The van der Waals surface area contributed by atoms with Crippen LogP contribution in [0.3, 0.4) is 0 Å². The van der Waals surface area contributed by atoms with Gasteiger partial charge in [0.05, 0.1) is 18.0 Å². The summed E-state index contributed by atoms with van der Waals surface area (Å²) in [7, 11) is 0. The molecule has 0 radical (unpaired) electrons. The molecule has 0 aliphatic carbocycles. The summed E-state index contributed by atoms with van der Waals surface area (Å²) in [6.45, 7) is 0. The third kappa shape index (κ3) is 1.48. The molecule has 0 aliphatic rings. The first-order valence-electron chi connectivity index (χ1n) is 2.71. The van der Waals surface area contributed by atoms with Crippen LogP contribution in [0.15, 0.2) is 12.4 Å². The predicted octanol–water partition coefficient (Wildman–Crippen LogP) is 0.994. The molecule has 2 nitrogen and oxygen atoms in total. The maximum atomic E-state index is 12.6. The second-order valence-corrected chi connectivity index (χ2v) is 2.28. The maximum Gasteiger partial charge on any atom is 0.154 e. The molecule has 5 heteroatoms. The van der Waals surface area contributed by atoms with Crippen LogP contribution in [-0.4, -0.2) is 9.97 Å². The minimum atomic E-state index is -0.836. The lowest BCUT2D eigenvalue weighted by atomic mass is 10.2.